The molecule has 0 aromatic carbocycles. The van der Waals surface area contributed by atoms with Crippen molar-refractivity contribution >= 4 is 11.0 Å². The molecule has 2 N–H and O–H groups in total. The molecule has 0 saturated carbocycles. The van der Waals surface area contributed by atoms with E-state index < -0.39 is 0 Å². The normalized spacial score (nSPS) is 16.7. The smallest absolute Gasteiger partial charge is 0.138 e. The topological polar surface area (TPSA) is 40.7 Å². The first kappa shape index (κ1) is 10.4. The second-order valence-electron chi connectivity index (χ2n) is 4.42. The molecule has 2 aromatic heterocycles. The molecule has 0 atom stereocenters. The Morgan fingerprint density at radius 3 is 3.00 bits per heavy atom. The van der Waals surface area contributed by atoms with Crippen molar-refractivity contribution in [3.05, 3.63) is 30.1 Å². The van der Waals surface area contributed by atoms with Crippen LogP contribution in [0.25, 0.3) is 11.0 Å². The maximum absolute atomic E-state index is 4.26. The second-order valence-corrected chi connectivity index (χ2v) is 4.42. The lowest BCUT2D eigenvalue weighted by Gasteiger charge is -2.17. The Balaban J connectivity index is 1.82. The van der Waals surface area contributed by atoms with Crippen LogP contribution in [0.1, 0.15) is 18.5 Å². The number of fused-ring (bicyclic) bond motifs is 1. The average molecular weight is 225 g/mol. The summed E-state index contributed by atoms with van der Waals surface area (Å²) in [5.74, 6) is 7.12. The van der Waals surface area contributed by atoms with Gasteiger partial charge < -0.3 is 10.3 Å². The molecule has 86 valence electrons. The van der Waals surface area contributed by atoms with Crippen molar-refractivity contribution in [1.82, 2.24) is 15.3 Å². The van der Waals surface area contributed by atoms with E-state index in [4.69, 9.17) is 0 Å². The van der Waals surface area contributed by atoms with Crippen LogP contribution in [0, 0.1) is 17.8 Å². The molecule has 1 aliphatic rings. The van der Waals surface area contributed by atoms with Gasteiger partial charge in [-0.25, -0.2) is 4.98 Å². The Labute approximate surface area is 101 Å². The minimum atomic E-state index is 0.538. The number of aromatic amines is 1. The van der Waals surface area contributed by atoms with Crippen LogP contribution in [-0.4, -0.2) is 23.1 Å². The molecule has 0 unspecified atom stereocenters. The molecule has 0 spiro atoms. The highest BCUT2D eigenvalue weighted by Crippen LogP contribution is 2.13. The first-order valence-electron chi connectivity index (χ1n) is 6.08. The number of hydrogen-bond donors (Lipinski definition) is 2. The van der Waals surface area contributed by atoms with Crippen molar-refractivity contribution in [1.29, 1.82) is 0 Å². The van der Waals surface area contributed by atoms with Crippen LogP contribution in [0.4, 0.5) is 0 Å². The monoisotopic (exact) mass is 225 g/mol. The standard InChI is InChI=1S/C14H15N3/c1-2-12-10-13(17-14(12)16-7-1)4-3-11-5-8-15-9-6-11/h1-2,7,10-11,15H,5-6,8-9H2,(H,16,17). The number of hydrogen-bond acceptors (Lipinski definition) is 2. The predicted molar refractivity (Wildman–Crippen MR) is 68.6 cm³/mol. The van der Waals surface area contributed by atoms with Gasteiger partial charge in [0.1, 0.15) is 5.65 Å². The number of aromatic nitrogens is 2. The number of piperidine rings is 1. The van der Waals surface area contributed by atoms with E-state index in [0.717, 1.165) is 42.7 Å². The van der Waals surface area contributed by atoms with Crippen LogP contribution in [-0.2, 0) is 0 Å². The Morgan fingerprint density at radius 1 is 1.29 bits per heavy atom. The Kier molecular flexibility index (Phi) is 2.81. The summed E-state index contributed by atoms with van der Waals surface area (Å²) in [7, 11) is 0. The van der Waals surface area contributed by atoms with Crippen LogP contribution in [0.3, 0.4) is 0 Å². The van der Waals surface area contributed by atoms with E-state index in [2.05, 4.69) is 39.3 Å². The van der Waals surface area contributed by atoms with Gasteiger partial charge in [0, 0.05) is 17.5 Å². The third-order valence-electron chi connectivity index (χ3n) is 3.14. The van der Waals surface area contributed by atoms with E-state index in [-0.39, 0.29) is 0 Å². The van der Waals surface area contributed by atoms with Crippen LogP contribution in [0.5, 0.6) is 0 Å². The highest BCUT2D eigenvalue weighted by Gasteiger charge is 2.09. The van der Waals surface area contributed by atoms with E-state index in [1.54, 1.807) is 6.20 Å². The van der Waals surface area contributed by atoms with Crippen molar-refractivity contribution in [2.75, 3.05) is 13.1 Å². The SMILES string of the molecule is C(#CC1CCNCC1)c1cc2cccnc2[nH]1. The molecular formula is C14H15N3. The van der Waals surface area contributed by atoms with Crippen LogP contribution < -0.4 is 5.32 Å². The van der Waals surface area contributed by atoms with Gasteiger partial charge in [-0.05, 0) is 50.1 Å². The largest absolute Gasteiger partial charge is 0.333 e. The molecule has 3 rings (SSSR count). The molecule has 0 bridgehead atoms. The highest BCUT2D eigenvalue weighted by molar-refractivity contribution is 5.77. The molecule has 3 heterocycles. The van der Waals surface area contributed by atoms with Crippen molar-refractivity contribution in [2.45, 2.75) is 12.8 Å². The first-order valence-corrected chi connectivity index (χ1v) is 6.08. The molecule has 3 nitrogen and oxygen atoms in total. The molecule has 1 saturated heterocycles. The molecule has 2 aromatic rings. The maximum atomic E-state index is 4.26. The number of nitrogens with one attached hydrogen (secondary N) is 2. The molecule has 0 aliphatic carbocycles. The zero-order valence-corrected chi connectivity index (χ0v) is 9.66. The number of nitrogens with zero attached hydrogens (tertiary/aromatic N) is 1. The van der Waals surface area contributed by atoms with Gasteiger partial charge in [-0.2, -0.15) is 0 Å². The number of H-pyrrole nitrogens is 1. The van der Waals surface area contributed by atoms with Gasteiger partial charge in [0.15, 0.2) is 0 Å². The van der Waals surface area contributed by atoms with E-state index in [1.165, 1.54) is 0 Å². The van der Waals surface area contributed by atoms with Gasteiger partial charge in [0.05, 0.1) is 5.69 Å². The first-order chi connectivity index (χ1) is 8.42. The van der Waals surface area contributed by atoms with Crippen LogP contribution >= 0.6 is 0 Å². The van der Waals surface area contributed by atoms with Crippen LogP contribution in [0.2, 0.25) is 0 Å². The van der Waals surface area contributed by atoms with E-state index >= 15 is 0 Å². The Hall–Kier alpha value is -1.79. The summed E-state index contributed by atoms with van der Waals surface area (Å²) < 4.78 is 0. The van der Waals surface area contributed by atoms with Crippen molar-refractivity contribution in [2.24, 2.45) is 5.92 Å². The number of pyridine rings is 1. The molecule has 0 amide bonds. The summed E-state index contributed by atoms with van der Waals surface area (Å²) in [4.78, 5) is 7.50. The fourth-order valence-corrected chi connectivity index (χ4v) is 2.17. The third-order valence-corrected chi connectivity index (χ3v) is 3.14. The molecule has 1 aliphatic heterocycles. The molecule has 3 heteroatoms. The molecule has 17 heavy (non-hydrogen) atoms. The minimum Gasteiger partial charge on any atom is -0.333 e. The lowest BCUT2D eigenvalue weighted by molar-refractivity contribution is 0.447. The van der Waals surface area contributed by atoms with Crippen molar-refractivity contribution < 1.29 is 0 Å². The summed E-state index contributed by atoms with van der Waals surface area (Å²) in [6.45, 7) is 2.18. The number of rotatable bonds is 0. The summed E-state index contributed by atoms with van der Waals surface area (Å²) in [6.07, 6.45) is 4.11. The van der Waals surface area contributed by atoms with Gasteiger partial charge in [-0.15, -0.1) is 0 Å². The lowest BCUT2D eigenvalue weighted by Crippen LogP contribution is -2.26. The molecule has 1 fully saturated rings. The van der Waals surface area contributed by atoms with Gasteiger partial charge in [0.2, 0.25) is 0 Å². The summed E-state index contributed by atoms with van der Waals surface area (Å²) >= 11 is 0. The van der Waals surface area contributed by atoms with E-state index in [9.17, 15) is 0 Å². The van der Waals surface area contributed by atoms with E-state index in [1.807, 2.05) is 6.07 Å². The Morgan fingerprint density at radius 2 is 2.18 bits per heavy atom. The van der Waals surface area contributed by atoms with Gasteiger partial charge in [0.25, 0.3) is 0 Å². The highest BCUT2D eigenvalue weighted by atomic mass is 14.9. The maximum Gasteiger partial charge on any atom is 0.138 e. The fourth-order valence-electron chi connectivity index (χ4n) is 2.17. The molecular weight excluding hydrogens is 210 g/mol. The zero-order chi connectivity index (χ0) is 11.5. The summed E-state index contributed by atoms with van der Waals surface area (Å²) in [5.41, 5.74) is 1.89. The zero-order valence-electron chi connectivity index (χ0n) is 9.66. The lowest BCUT2D eigenvalue weighted by atomic mass is 9.99. The Bertz CT molecular complexity index is 535. The molecule has 0 radical (unpaired) electrons. The predicted octanol–water partition coefficient (Wildman–Crippen LogP) is 1.91. The minimum absolute atomic E-state index is 0.538. The second kappa shape index (κ2) is 4.60. The third kappa shape index (κ3) is 2.32. The average Bonchev–Trinajstić information content (AvgIpc) is 2.80. The van der Waals surface area contributed by atoms with Crippen LogP contribution in [0.15, 0.2) is 24.4 Å². The summed E-state index contributed by atoms with van der Waals surface area (Å²) in [5, 5.41) is 4.48. The van der Waals surface area contributed by atoms with Gasteiger partial charge in [-0.3, -0.25) is 0 Å². The summed E-state index contributed by atoms with van der Waals surface area (Å²) in [6, 6.07) is 6.06. The van der Waals surface area contributed by atoms with Gasteiger partial charge in [-0.1, -0.05) is 5.92 Å². The van der Waals surface area contributed by atoms with Crippen molar-refractivity contribution in [3.8, 4) is 11.8 Å². The van der Waals surface area contributed by atoms with Gasteiger partial charge >= 0.3 is 0 Å². The fraction of sp³-hybridized carbons (Fsp3) is 0.357. The van der Waals surface area contributed by atoms with Crippen molar-refractivity contribution in [3.63, 3.8) is 0 Å². The quantitative estimate of drug-likeness (QED) is 0.672. The van der Waals surface area contributed by atoms with E-state index in [0.29, 0.717) is 5.92 Å².